The van der Waals surface area contributed by atoms with Crippen LogP contribution in [-0.4, -0.2) is 18.2 Å². The SMILES string of the molecule is CC1OC(C)C(C(Cc2ccco2)NN)C1C. The largest absolute Gasteiger partial charge is 0.469 e. The first-order chi connectivity index (χ1) is 8.13. The quantitative estimate of drug-likeness (QED) is 0.619. The maximum absolute atomic E-state index is 5.86. The molecule has 1 saturated heterocycles. The first kappa shape index (κ1) is 12.6. The number of hydrogen-bond acceptors (Lipinski definition) is 4. The minimum absolute atomic E-state index is 0.191. The molecule has 4 heteroatoms. The van der Waals surface area contributed by atoms with E-state index in [0.29, 0.717) is 17.9 Å². The Morgan fingerprint density at radius 1 is 1.35 bits per heavy atom. The molecule has 0 aliphatic carbocycles. The number of furan rings is 1. The fourth-order valence-electron chi connectivity index (χ4n) is 2.94. The van der Waals surface area contributed by atoms with Crippen LogP contribution in [0.3, 0.4) is 0 Å². The molecule has 0 saturated carbocycles. The lowest BCUT2D eigenvalue weighted by Gasteiger charge is -2.27. The summed E-state index contributed by atoms with van der Waals surface area (Å²) in [5.74, 6) is 7.57. The second kappa shape index (κ2) is 5.21. The van der Waals surface area contributed by atoms with Gasteiger partial charge in [0.15, 0.2) is 0 Å². The van der Waals surface area contributed by atoms with Crippen LogP contribution >= 0.6 is 0 Å². The molecule has 0 amide bonds. The summed E-state index contributed by atoms with van der Waals surface area (Å²) in [5, 5.41) is 0. The van der Waals surface area contributed by atoms with E-state index in [1.54, 1.807) is 6.26 Å². The standard InChI is InChI=1S/C13H22N2O2/c1-8-9(2)17-10(3)13(8)12(15-14)7-11-5-4-6-16-11/h4-6,8-10,12-13,15H,7,14H2,1-3H3. The number of rotatable bonds is 4. The molecule has 0 spiro atoms. The van der Waals surface area contributed by atoms with Crippen LogP contribution in [0.4, 0.5) is 0 Å². The van der Waals surface area contributed by atoms with Crippen molar-refractivity contribution in [3.8, 4) is 0 Å². The van der Waals surface area contributed by atoms with Crippen molar-refractivity contribution in [3.63, 3.8) is 0 Å². The minimum Gasteiger partial charge on any atom is -0.469 e. The summed E-state index contributed by atoms with van der Waals surface area (Å²) in [5.41, 5.74) is 2.92. The van der Waals surface area contributed by atoms with Gasteiger partial charge in [-0.15, -0.1) is 0 Å². The van der Waals surface area contributed by atoms with E-state index in [9.17, 15) is 0 Å². The third-order valence-electron chi connectivity index (χ3n) is 4.00. The molecule has 5 atom stereocenters. The molecule has 1 aliphatic rings. The number of hydrogen-bond donors (Lipinski definition) is 2. The Balaban J connectivity index is 2.07. The van der Waals surface area contributed by atoms with Crippen molar-refractivity contribution in [2.75, 3.05) is 0 Å². The zero-order valence-corrected chi connectivity index (χ0v) is 10.7. The molecule has 0 aromatic carbocycles. The number of nitrogens with two attached hydrogens (primary N) is 1. The van der Waals surface area contributed by atoms with Crippen LogP contribution in [0.2, 0.25) is 0 Å². The molecule has 0 bridgehead atoms. The Morgan fingerprint density at radius 3 is 2.59 bits per heavy atom. The highest BCUT2D eigenvalue weighted by atomic mass is 16.5. The van der Waals surface area contributed by atoms with E-state index in [1.807, 2.05) is 12.1 Å². The van der Waals surface area contributed by atoms with Gasteiger partial charge in [-0.2, -0.15) is 0 Å². The zero-order chi connectivity index (χ0) is 12.4. The predicted molar refractivity (Wildman–Crippen MR) is 66.2 cm³/mol. The average Bonchev–Trinajstić information content (AvgIpc) is 2.87. The molecule has 1 fully saturated rings. The summed E-state index contributed by atoms with van der Waals surface area (Å²) in [6.07, 6.45) is 3.03. The van der Waals surface area contributed by atoms with Gasteiger partial charge in [0.2, 0.25) is 0 Å². The Kier molecular flexibility index (Phi) is 3.86. The summed E-state index contributed by atoms with van der Waals surface area (Å²) in [7, 11) is 0. The molecule has 1 aromatic rings. The van der Waals surface area contributed by atoms with Crippen molar-refractivity contribution >= 4 is 0 Å². The molecule has 17 heavy (non-hydrogen) atoms. The van der Waals surface area contributed by atoms with E-state index in [0.717, 1.165) is 12.2 Å². The Hall–Kier alpha value is -0.840. The molecule has 96 valence electrons. The van der Waals surface area contributed by atoms with Crippen LogP contribution in [-0.2, 0) is 11.2 Å². The van der Waals surface area contributed by atoms with Crippen molar-refractivity contribution < 1.29 is 9.15 Å². The van der Waals surface area contributed by atoms with Crippen LogP contribution in [0.5, 0.6) is 0 Å². The maximum Gasteiger partial charge on any atom is 0.105 e. The van der Waals surface area contributed by atoms with Gasteiger partial charge in [-0.3, -0.25) is 11.3 Å². The van der Waals surface area contributed by atoms with E-state index >= 15 is 0 Å². The third kappa shape index (κ3) is 2.54. The average molecular weight is 238 g/mol. The topological polar surface area (TPSA) is 60.4 Å². The van der Waals surface area contributed by atoms with E-state index < -0.39 is 0 Å². The molecule has 4 nitrogen and oxygen atoms in total. The second-order valence-electron chi connectivity index (χ2n) is 5.04. The Labute approximate surface area is 102 Å². The van der Waals surface area contributed by atoms with Crippen molar-refractivity contribution in [1.82, 2.24) is 5.43 Å². The molecule has 2 heterocycles. The lowest BCUT2D eigenvalue weighted by Crippen LogP contribution is -2.46. The highest BCUT2D eigenvalue weighted by Gasteiger charge is 2.41. The zero-order valence-electron chi connectivity index (χ0n) is 10.7. The van der Waals surface area contributed by atoms with Crippen LogP contribution in [0.25, 0.3) is 0 Å². The molecule has 3 N–H and O–H groups in total. The van der Waals surface area contributed by atoms with Gasteiger partial charge < -0.3 is 9.15 Å². The monoisotopic (exact) mass is 238 g/mol. The summed E-state index contributed by atoms with van der Waals surface area (Å²) < 4.78 is 11.2. The highest BCUT2D eigenvalue weighted by molar-refractivity contribution is 5.03. The fourth-order valence-corrected chi connectivity index (χ4v) is 2.94. The van der Waals surface area contributed by atoms with Crippen molar-refractivity contribution in [2.45, 2.75) is 45.4 Å². The molecule has 0 radical (unpaired) electrons. The van der Waals surface area contributed by atoms with E-state index in [2.05, 4.69) is 26.2 Å². The van der Waals surface area contributed by atoms with E-state index in [-0.39, 0.29) is 12.1 Å². The van der Waals surface area contributed by atoms with Crippen LogP contribution < -0.4 is 11.3 Å². The highest BCUT2D eigenvalue weighted by Crippen LogP contribution is 2.35. The van der Waals surface area contributed by atoms with Gasteiger partial charge in [0, 0.05) is 18.4 Å². The van der Waals surface area contributed by atoms with Gasteiger partial charge in [0.1, 0.15) is 5.76 Å². The van der Waals surface area contributed by atoms with Gasteiger partial charge in [-0.05, 0) is 31.9 Å². The summed E-state index contributed by atoms with van der Waals surface area (Å²) in [6.45, 7) is 6.48. The van der Waals surface area contributed by atoms with Gasteiger partial charge in [-0.25, -0.2) is 0 Å². The third-order valence-corrected chi connectivity index (χ3v) is 4.00. The van der Waals surface area contributed by atoms with Gasteiger partial charge >= 0.3 is 0 Å². The lowest BCUT2D eigenvalue weighted by molar-refractivity contribution is 0.0474. The van der Waals surface area contributed by atoms with Gasteiger partial charge in [0.25, 0.3) is 0 Å². The van der Waals surface area contributed by atoms with Gasteiger partial charge in [0.05, 0.1) is 18.5 Å². The lowest BCUT2D eigenvalue weighted by atomic mass is 9.82. The Bertz CT molecular complexity index is 339. The minimum atomic E-state index is 0.191. The van der Waals surface area contributed by atoms with Crippen molar-refractivity contribution in [3.05, 3.63) is 24.2 Å². The van der Waals surface area contributed by atoms with Crippen LogP contribution in [0, 0.1) is 11.8 Å². The smallest absolute Gasteiger partial charge is 0.105 e. The molecule has 1 aromatic heterocycles. The fraction of sp³-hybridized carbons (Fsp3) is 0.692. The normalized spacial score (nSPS) is 35.1. The van der Waals surface area contributed by atoms with Crippen molar-refractivity contribution in [2.24, 2.45) is 17.7 Å². The first-order valence-electron chi connectivity index (χ1n) is 6.27. The van der Waals surface area contributed by atoms with Crippen molar-refractivity contribution in [1.29, 1.82) is 0 Å². The van der Waals surface area contributed by atoms with Gasteiger partial charge in [-0.1, -0.05) is 6.92 Å². The molecular formula is C13H22N2O2. The summed E-state index contributed by atoms with van der Waals surface area (Å²) >= 11 is 0. The number of ether oxygens (including phenoxy) is 1. The van der Waals surface area contributed by atoms with Crippen LogP contribution in [0.1, 0.15) is 26.5 Å². The number of hydrazine groups is 1. The Morgan fingerprint density at radius 2 is 2.12 bits per heavy atom. The summed E-state index contributed by atoms with van der Waals surface area (Å²) in [6, 6.07) is 4.08. The predicted octanol–water partition coefficient (Wildman–Crippen LogP) is 1.71. The molecule has 1 aliphatic heterocycles. The van der Waals surface area contributed by atoms with Crippen LogP contribution in [0.15, 0.2) is 22.8 Å². The second-order valence-corrected chi connectivity index (χ2v) is 5.04. The van der Waals surface area contributed by atoms with E-state index in [4.69, 9.17) is 15.0 Å². The van der Waals surface area contributed by atoms with E-state index in [1.165, 1.54) is 0 Å². The molecule has 5 unspecified atom stereocenters. The molecular weight excluding hydrogens is 216 g/mol. The first-order valence-corrected chi connectivity index (χ1v) is 6.27. The molecule has 2 rings (SSSR count). The number of nitrogens with one attached hydrogen (secondary N) is 1. The maximum atomic E-state index is 5.86. The summed E-state index contributed by atoms with van der Waals surface area (Å²) in [4.78, 5) is 0.